The van der Waals surface area contributed by atoms with Crippen LogP contribution in [-0.4, -0.2) is 32.3 Å². The molecule has 0 spiro atoms. The second-order valence-electron chi connectivity index (χ2n) is 5.71. The van der Waals surface area contributed by atoms with Gasteiger partial charge < -0.3 is 9.84 Å². The first kappa shape index (κ1) is 16.9. The standard InChI is InChI=1S/C15H22N2O4/c1-5-6-7-12-16-11(8-9-13(18)19)10-17(12)14(20)21-15(2,3)4/h8-10H,5-7H2,1-4H3,(H,18,19). The van der Waals surface area contributed by atoms with Crippen LogP contribution in [0.2, 0.25) is 0 Å². The van der Waals surface area contributed by atoms with Crippen molar-refractivity contribution in [2.24, 2.45) is 0 Å². The molecule has 0 fully saturated rings. The number of aromatic nitrogens is 2. The summed E-state index contributed by atoms with van der Waals surface area (Å²) in [6.45, 7) is 7.42. The Balaban J connectivity index is 3.03. The molecule has 21 heavy (non-hydrogen) atoms. The van der Waals surface area contributed by atoms with Gasteiger partial charge in [-0.25, -0.2) is 19.1 Å². The van der Waals surface area contributed by atoms with Crippen molar-refractivity contribution in [2.75, 3.05) is 0 Å². The van der Waals surface area contributed by atoms with Crippen molar-refractivity contribution in [3.8, 4) is 0 Å². The van der Waals surface area contributed by atoms with Crippen LogP contribution in [0.25, 0.3) is 6.08 Å². The number of nitrogens with zero attached hydrogens (tertiary/aromatic N) is 2. The van der Waals surface area contributed by atoms with E-state index in [0.717, 1.165) is 18.9 Å². The van der Waals surface area contributed by atoms with Crippen LogP contribution in [0, 0.1) is 0 Å². The molecule has 0 unspecified atom stereocenters. The quantitative estimate of drug-likeness (QED) is 0.844. The zero-order chi connectivity index (χ0) is 16.0. The minimum absolute atomic E-state index is 0.425. The van der Waals surface area contributed by atoms with Crippen LogP contribution in [0.5, 0.6) is 0 Å². The lowest BCUT2D eigenvalue weighted by atomic mass is 10.2. The van der Waals surface area contributed by atoms with Gasteiger partial charge in [0.25, 0.3) is 0 Å². The van der Waals surface area contributed by atoms with Gasteiger partial charge in [0.2, 0.25) is 0 Å². The highest BCUT2D eigenvalue weighted by Gasteiger charge is 2.20. The first-order valence-corrected chi connectivity index (χ1v) is 6.95. The normalized spacial score (nSPS) is 11.8. The highest BCUT2D eigenvalue weighted by Crippen LogP contribution is 2.14. The summed E-state index contributed by atoms with van der Waals surface area (Å²) < 4.78 is 6.68. The second-order valence-corrected chi connectivity index (χ2v) is 5.71. The molecule has 0 saturated heterocycles. The molecule has 0 amide bonds. The monoisotopic (exact) mass is 294 g/mol. The van der Waals surface area contributed by atoms with Crippen molar-refractivity contribution in [1.29, 1.82) is 0 Å². The molecule has 0 radical (unpaired) electrons. The molecule has 0 saturated carbocycles. The van der Waals surface area contributed by atoms with Crippen LogP contribution >= 0.6 is 0 Å². The minimum atomic E-state index is -1.06. The van der Waals surface area contributed by atoms with Crippen molar-refractivity contribution in [3.63, 3.8) is 0 Å². The lowest BCUT2D eigenvalue weighted by molar-refractivity contribution is -0.131. The number of carbonyl (C=O) groups excluding carboxylic acids is 1. The molecule has 1 aromatic heterocycles. The fourth-order valence-corrected chi connectivity index (χ4v) is 1.66. The number of aliphatic carboxylic acids is 1. The van der Waals surface area contributed by atoms with Gasteiger partial charge in [-0.1, -0.05) is 13.3 Å². The summed E-state index contributed by atoms with van der Waals surface area (Å²) >= 11 is 0. The maximum atomic E-state index is 12.2. The lowest BCUT2D eigenvalue weighted by Gasteiger charge is -2.20. The molecule has 0 aromatic carbocycles. The van der Waals surface area contributed by atoms with Crippen LogP contribution in [0.3, 0.4) is 0 Å². The van der Waals surface area contributed by atoms with E-state index in [4.69, 9.17) is 9.84 Å². The molecule has 0 aliphatic rings. The van der Waals surface area contributed by atoms with Gasteiger partial charge in [0.15, 0.2) is 0 Å². The number of unbranched alkanes of at least 4 members (excludes halogenated alkanes) is 1. The third-order valence-electron chi connectivity index (χ3n) is 2.54. The van der Waals surface area contributed by atoms with Crippen molar-refractivity contribution in [3.05, 3.63) is 23.8 Å². The van der Waals surface area contributed by atoms with Gasteiger partial charge in [-0.15, -0.1) is 0 Å². The number of aryl methyl sites for hydroxylation is 1. The van der Waals surface area contributed by atoms with E-state index in [1.807, 2.05) is 6.92 Å². The Bertz CT molecular complexity index is 538. The van der Waals surface area contributed by atoms with E-state index in [9.17, 15) is 9.59 Å². The number of carboxylic acid groups (broad SMARTS) is 1. The molecule has 1 rings (SSSR count). The Hall–Kier alpha value is -2.11. The van der Waals surface area contributed by atoms with Crippen LogP contribution < -0.4 is 0 Å². The van der Waals surface area contributed by atoms with E-state index in [1.54, 1.807) is 20.8 Å². The highest BCUT2D eigenvalue weighted by atomic mass is 16.6. The maximum Gasteiger partial charge on any atom is 0.420 e. The molecule has 0 atom stereocenters. The van der Waals surface area contributed by atoms with E-state index in [1.165, 1.54) is 16.8 Å². The number of rotatable bonds is 5. The van der Waals surface area contributed by atoms with Gasteiger partial charge in [0, 0.05) is 18.7 Å². The average molecular weight is 294 g/mol. The largest absolute Gasteiger partial charge is 0.478 e. The molecule has 1 aromatic rings. The third kappa shape index (κ3) is 5.81. The first-order chi connectivity index (χ1) is 9.73. The zero-order valence-corrected chi connectivity index (χ0v) is 12.9. The fourth-order valence-electron chi connectivity index (χ4n) is 1.66. The Morgan fingerprint density at radius 2 is 2.10 bits per heavy atom. The lowest BCUT2D eigenvalue weighted by Crippen LogP contribution is -2.27. The van der Waals surface area contributed by atoms with E-state index < -0.39 is 17.7 Å². The molecule has 6 heteroatoms. The molecule has 0 bridgehead atoms. The van der Waals surface area contributed by atoms with Gasteiger partial charge in [-0.2, -0.15) is 0 Å². The number of carboxylic acids is 1. The summed E-state index contributed by atoms with van der Waals surface area (Å²) in [5.41, 5.74) is -0.171. The van der Waals surface area contributed by atoms with E-state index in [0.29, 0.717) is 17.9 Å². The minimum Gasteiger partial charge on any atom is -0.478 e. The van der Waals surface area contributed by atoms with Gasteiger partial charge in [0.05, 0.1) is 5.69 Å². The predicted molar refractivity (Wildman–Crippen MR) is 79.1 cm³/mol. The van der Waals surface area contributed by atoms with Crippen molar-refractivity contribution < 1.29 is 19.4 Å². The third-order valence-corrected chi connectivity index (χ3v) is 2.54. The number of imidazole rings is 1. The van der Waals surface area contributed by atoms with Crippen LogP contribution in [0.1, 0.15) is 52.1 Å². The average Bonchev–Trinajstić information content (AvgIpc) is 2.75. The summed E-state index contributed by atoms with van der Waals surface area (Å²) in [5, 5.41) is 8.64. The fraction of sp³-hybridized carbons (Fsp3) is 0.533. The molecule has 1 N–H and O–H groups in total. The molecule has 1 heterocycles. The van der Waals surface area contributed by atoms with Crippen LogP contribution in [0.15, 0.2) is 12.3 Å². The second kappa shape index (κ2) is 7.06. The zero-order valence-electron chi connectivity index (χ0n) is 12.9. The number of carbonyl (C=O) groups is 2. The van der Waals surface area contributed by atoms with Gasteiger partial charge >= 0.3 is 12.1 Å². The van der Waals surface area contributed by atoms with Gasteiger partial charge in [-0.3, -0.25) is 0 Å². The molecule has 0 aliphatic heterocycles. The SMILES string of the molecule is CCCCc1nc(C=CC(=O)O)cn1C(=O)OC(C)(C)C. The first-order valence-electron chi connectivity index (χ1n) is 6.95. The summed E-state index contributed by atoms with van der Waals surface area (Å²) in [7, 11) is 0. The smallest absolute Gasteiger partial charge is 0.420 e. The maximum absolute atomic E-state index is 12.2. The summed E-state index contributed by atoms with van der Waals surface area (Å²) in [6, 6.07) is 0. The molecular weight excluding hydrogens is 272 g/mol. The Kier molecular flexibility index (Phi) is 5.69. The van der Waals surface area contributed by atoms with E-state index >= 15 is 0 Å². The summed E-state index contributed by atoms with van der Waals surface area (Å²) in [5.74, 6) is -0.479. The predicted octanol–water partition coefficient (Wildman–Crippen LogP) is 3.11. The van der Waals surface area contributed by atoms with Crippen molar-refractivity contribution in [2.45, 2.75) is 52.6 Å². The topological polar surface area (TPSA) is 81.4 Å². The van der Waals surface area contributed by atoms with Crippen LogP contribution in [-0.2, 0) is 16.0 Å². The van der Waals surface area contributed by atoms with Gasteiger partial charge in [0.1, 0.15) is 11.4 Å². The number of hydrogen-bond donors (Lipinski definition) is 1. The van der Waals surface area contributed by atoms with E-state index in [-0.39, 0.29) is 0 Å². The van der Waals surface area contributed by atoms with Crippen LogP contribution in [0.4, 0.5) is 4.79 Å². The summed E-state index contributed by atoms with van der Waals surface area (Å²) in [6.07, 6.45) is 5.85. The molecule has 6 nitrogen and oxygen atoms in total. The highest BCUT2D eigenvalue weighted by molar-refractivity contribution is 5.85. The van der Waals surface area contributed by atoms with Crippen molar-refractivity contribution in [1.82, 2.24) is 9.55 Å². The molecular formula is C15H22N2O4. The number of hydrogen-bond acceptors (Lipinski definition) is 4. The Morgan fingerprint density at radius 3 is 2.62 bits per heavy atom. The van der Waals surface area contributed by atoms with Gasteiger partial charge in [-0.05, 0) is 33.3 Å². The Labute approximate surface area is 124 Å². The molecule has 116 valence electrons. The van der Waals surface area contributed by atoms with Crippen molar-refractivity contribution >= 4 is 18.1 Å². The Morgan fingerprint density at radius 1 is 1.43 bits per heavy atom. The summed E-state index contributed by atoms with van der Waals surface area (Å²) in [4.78, 5) is 27.0. The van der Waals surface area contributed by atoms with E-state index in [2.05, 4.69) is 4.98 Å². The molecule has 0 aliphatic carbocycles. The number of ether oxygens (including phenoxy) is 1.